The number of amides is 2. The normalized spacial score (nSPS) is 26.2. The number of quaternary nitrogens is 1. The summed E-state index contributed by atoms with van der Waals surface area (Å²) in [5.74, 6) is -2.67. The van der Waals surface area contributed by atoms with Gasteiger partial charge in [0.2, 0.25) is 0 Å². The molecular weight excluding hydrogens is 336 g/mol. The first-order chi connectivity index (χ1) is 12.1. The number of para-hydroxylation sites is 1. The fourth-order valence-electron chi connectivity index (χ4n) is 3.54. The van der Waals surface area contributed by atoms with Crippen LogP contribution in [0.15, 0.2) is 30.5 Å². The monoisotopic (exact) mass is 358 g/mol. The molecule has 1 fully saturated rings. The first-order valence-corrected chi connectivity index (χ1v) is 8.46. The maximum Gasteiger partial charge on any atom is 0.524 e. The number of imide groups is 1. The van der Waals surface area contributed by atoms with Crippen LogP contribution in [0, 0.1) is 0 Å². The SMILES string of the molecule is CC(C)(C)OC(=O)[N+]1(C)C(=O)[C@H](c2c[nH]c3ccccc23)C[C@@H]1C(=O)[O-]. The highest BCUT2D eigenvalue weighted by Crippen LogP contribution is 2.41. The number of benzene rings is 1. The molecule has 2 amide bonds. The van der Waals surface area contributed by atoms with E-state index in [-0.39, 0.29) is 6.42 Å². The lowest BCUT2D eigenvalue weighted by Crippen LogP contribution is -2.62. The number of hydrogen-bond donors (Lipinski definition) is 1. The summed E-state index contributed by atoms with van der Waals surface area (Å²) >= 11 is 0. The predicted octanol–water partition coefficient (Wildman–Crippen LogP) is 1.68. The second-order valence-electron chi connectivity index (χ2n) is 7.81. The summed E-state index contributed by atoms with van der Waals surface area (Å²) in [4.78, 5) is 40.7. The number of aliphatic carboxylic acids is 1. The molecule has 0 saturated carbocycles. The first-order valence-electron chi connectivity index (χ1n) is 8.46. The van der Waals surface area contributed by atoms with Gasteiger partial charge in [0, 0.05) is 23.5 Å². The number of fused-ring (bicyclic) bond motifs is 1. The molecule has 0 spiro atoms. The van der Waals surface area contributed by atoms with Crippen molar-refractivity contribution in [3.63, 3.8) is 0 Å². The van der Waals surface area contributed by atoms with Gasteiger partial charge < -0.3 is 19.6 Å². The third-order valence-corrected chi connectivity index (χ3v) is 4.88. The van der Waals surface area contributed by atoms with Crippen LogP contribution in [0.1, 0.15) is 38.7 Å². The fourth-order valence-corrected chi connectivity index (χ4v) is 3.54. The minimum absolute atomic E-state index is 0.0151. The maximum absolute atomic E-state index is 13.2. The predicted molar refractivity (Wildman–Crippen MR) is 91.9 cm³/mol. The molecule has 1 N–H and O–H groups in total. The molecule has 0 aliphatic carbocycles. The number of carboxylic acids is 1. The summed E-state index contributed by atoms with van der Waals surface area (Å²) in [6, 6.07) is 6.15. The molecule has 1 aliphatic heterocycles. The number of aromatic amines is 1. The highest BCUT2D eigenvalue weighted by molar-refractivity contribution is 5.96. The number of nitrogens with one attached hydrogen (secondary N) is 1. The van der Waals surface area contributed by atoms with Crippen LogP contribution in [0.2, 0.25) is 0 Å². The summed E-state index contributed by atoms with van der Waals surface area (Å²) in [5, 5.41) is 12.6. The Bertz CT molecular complexity index is 895. The van der Waals surface area contributed by atoms with Crippen molar-refractivity contribution in [1.82, 2.24) is 4.98 Å². The van der Waals surface area contributed by atoms with Crippen molar-refractivity contribution in [1.29, 1.82) is 0 Å². The van der Waals surface area contributed by atoms with Crippen molar-refractivity contribution < 1.29 is 28.7 Å². The van der Waals surface area contributed by atoms with Gasteiger partial charge in [0.1, 0.15) is 23.5 Å². The van der Waals surface area contributed by atoms with Crippen molar-refractivity contribution in [3.05, 3.63) is 36.0 Å². The smallest absolute Gasteiger partial charge is 0.524 e. The number of hydrogen-bond acceptors (Lipinski definition) is 5. The number of carbonyl (C=O) groups is 3. The lowest BCUT2D eigenvalue weighted by Gasteiger charge is -2.32. The van der Waals surface area contributed by atoms with Crippen LogP contribution in [-0.4, -0.2) is 46.1 Å². The largest absolute Gasteiger partial charge is 0.544 e. The van der Waals surface area contributed by atoms with Gasteiger partial charge in [-0.15, -0.1) is 0 Å². The lowest BCUT2D eigenvalue weighted by atomic mass is 9.95. The Labute approximate surface area is 151 Å². The van der Waals surface area contributed by atoms with Gasteiger partial charge in [0.05, 0.1) is 7.05 Å². The standard InChI is InChI=1S/C19H22N2O5/c1-19(2,3)26-18(25)21(4)15(17(23)24)9-12(16(21)22)13-10-20-14-8-6-5-7-11(13)14/h5-8,10,12,15,20H,9H2,1-4H3/t12-,15+,21?/m0/s1. The van der Waals surface area contributed by atoms with E-state index in [1.54, 1.807) is 27.0 Å². The molecular formula is C19H22N2O5. The molecule has 26 heavy (non-hydrogen) atoms. The summed E-state index contributed by atoms with van der Waals surface area (Å²) in [7, 11) is 1.30. The van der Waals surface area contributed by atoms with Crippen LogP contribution in [0.3, 0.4) is 0 Å². The molecule has 7 nitrogen and oxygen atoms in total. The summed E-state index contributed by atoms with van der Waals surface area (Å²) in [6.07, 6.45) is 0.808. The minimum atomic E-state index is -1.44. The second-order valence-corrected chi connectivity index (χ2v) is 7.81. The highest BCUT2D eigenvalue weighted by Gasteiger charge is 2.60. The Kier molecular flexibility index (Phi) is 4.15. The zero-order chi connectivity index (χ0) is 19.3. The van der Waals surface area contributed by atoms with Crippen LogP contribution < -0.4 is 5.11 Å². The quantitative estimate of drug-likeness (QED) is 0.824. The average Bonchev–Trinajstić information content (AvgIpc) is 3.07. The van der Waals surface area contributed by atoms with E-state index < -0.39 is 40.0 Å². The van der Waals surface area contributed by atoms with Gasteiger partial charge >= 0.3 is 12.0 Å². The van der Waals surface area contributed by atoms with Crippen LogP contribution in [0.4, 0.5) is 4.79 Å². The number of ether oxygens (including phenoxy) is 1. The zero-order valence-corrected chi connectivity index (χ0v) is 15.2. The second kappa shape index (κ2) is 5.95. The van der Waals surface area contributed by atoms with E-state index in [0.29, 0.717) is 5.56 Å². The molecule has 1 aromatic heterocycles. The molecule has 3 atom stereocenters. The van der Waals surface area contributed by atoms with E-state index in [9.17, 15) is 19.5 Å². The highest BCUT2D eigenvalue weighted by atomic mass is 16.6. The van der Waals surface area contributed by atoms with Crippen LogP contribution in [0.5, 0.6) is 0 Å². The van der Waals surface area contributed by atoms with Gasteiger partial charge in [-0.25, -0.2) is 4.79 Å². The molecule has 0 radical (unpaired) electrons. The minimum Gasteiger partial charge on any atom is -0.544 e. The lowest BCUT2D eigenvalue weighted by molar-refractivity contribution is -0.774. The Balaban J connectivity index is 2.05. The molecule has 1 saturated heterocycles. The van der Waals surface area contributed by atoms with Crippen molar-refractivity contribution in [3.8, 4) is 0 Å². The maximum atomic E-state index is 13.2. The number of carboxylic acid groups (broad SMARTS) is 1. The molecule has 138 valence electrons. The molecule has 0 bridgehead atoms. The molecule has 2 aromatic rings. The van der Waals surface area contributed by atoms with Crippen LogP contribution in [0.25, 0.3) is 10.9 Å². The number of nitrogens with zero attached hydrogens (tertiary/aromatic N) is 1. The zero-order valence-electron chi connectivity index (χ0n) is 15.2. The third-order valence-electron chi connectivity index (χ3n) is 4.88. The average molecular weight is 358 g/mol. The number of aromatic nitrogens is 1. The van der Waals surface area contributed by atoms with Gasteiger partial charge in [-0.1, -0.05) is 18.2 Å². The van der Waals surface area contributed by atoms with Crippen LogP contribution >= 0.6 is 0 Å². The number of H-pyrrole nitrogens is 1. The Morgan fingerprint density at radius 2 is 1.92 bits per heavy atom. The summed E-state index contributed by atoms with van der Waals surface area (Å²) in [5.41, 5.74) is 0.689. The Morgan fingerprint density at radius 1 is 1.27 bits per heavy atom. The van der Waals surface area contributed by atoms with Crippen molar-refractivity contribution in [2.45, 2.75) is 44.8 Å². The Morgan fingerprint density at radius 3 is 2.54 bits per heavy atom. The van der Waals surface area contributed by atoms with Crippen LogP contribution in [-0.2, 0) is 14.3 Å². The van der Waals surface area contributed by atoms with Crippen molar-refractivity contribution >= 4 is 28.9 Å². The van der Waals surface area contributed by atoms with E-state index in [1.807, 2.05) is 24.3 Å². The van der Waals surface area contributed by atoms with Crippen molar-refractivity contribution in [2.75, 3.05) is 7.05 Å². The van der Waals surface area contributed by atoms with Gasteiger partial charge in [-0.05, 0) is 32.4 Å². The molecule has 1 aromatic carbocycles. The molecule has 3 rings (SSSR count). The van der Waals surface area contributed by atoms with E-state index in [4.69, 9.17) is 4.74 Å². The molecule has 7 heteroatoms. The summed E-state index contributed by atoms with van der Waals surface area (Å²) in [6.45, 7) is 5.01. The van der Waals surface area contributed by atoms with Crippen molar-refractivity contribution in [2.24, 2.45) is 0 Å². The van der Waals surface area contributed by atoms with Gasteiger partial charge in [-0.2, -0.15) is 9.28 Å². The molecule has 1 aliphatic rings. The van der Waals surface area contributed by atoms with E-state index in [0.717, 1.165) is 10.9 Å². The number of likely N-dealkylation sites (N-methyl/N-ethyl adjacent to an activating group) is 1. The van der Waals surface area contributed by atoms with E-state index in [2.05, 4.69) is 4.98 Å². The molecule has 1 unspecified atom stereocenters. The fraction of sp³-hybridized carbons (Fsp3) is 0.421. The van der Waals surface area contributed by atoms with Gasteiger partial charge in [0.25, 0.3) is 0 Å². The number of rotatable bonds is 2. The van der Waals surface area contributed by atoms with E-state index in [1.165, 1.54) is 7.05 Å². The van der Waals surface area contributed by atoms with Gasteiger partial charge in [0.15, 0.2) is 0 Å². The number of likely N-dealkylation sites (tertiary alicyclic amines) is 1. The summed E-state index contributed by atoms with van der Waals surface area (Å²) < 4.78 is 4.39. The van der Waals surface area contributed by atoms with E-state index >= 15 is 0 Å². The van der Waals surface area contributed by atoms with Gasteiger partial charge in [-0.3, -0.25) is 0 Å². The molecule has 2 heterocycles. The first kappa shape index (κ1) is 18.1. The number of carbonyl (C=O) groups excluding carboxylic acids is 3. The third kappa shape index (κ3) is 2.78. The topological polar surface area (TPSA) is 99.3 Å². The Hall–Kier alpha value is -2.67.